The molecule has 0 aromatic carbocycles. The third kappa shape index (κ3) is 8.16. The zero-order valence-corrected chi connectivity index (χ0v) is 20.1. The van der Waals surface area contributed by atoms with Crippen LogP contribution in [0, 0.1) is 0 Å². The molecule has 0 atom stereocenters. The van der Waals surface area contributed by atoms with Gasteiger partial charge in [0, 0.05) is 13.6 Å². The number of hydrogen-bond acceptors (Lipinski definition) is 3. The lowest BCUT2D eigenvalue weighted by Gasteiger charge is -2.04. The molecule has 0 aliphatic heterocycles. The Morgan fingerprint density at radius 1 is 0.806 bits per heavy atom. The summed E-state index contributed by atoms with van der Waals surface area (Å²) in [6.07, 6.45) is 19.1. The van der Waals surface area contributed by atoms with Crippen molar-refractivity contribution in [3.8, 4) is 0 Å². The first-order valence-corrected chi connectivity index (χ1v) is 11.2. The van der Waals surface area contributed by atoms with Crippen LogP contribution in [0.4, 0.5) is 0 Å². The summed E-state index contributed by atoms with van der Waals surface area (Å²) < 4.78 is 3.65. The lowest BCUT2D eigenvalue weighted by atomic mass is 10.0. The van der Waals surface area contributed by atoms with E-state index in [0.29, 0.717) is 17.7 Å². The fourth-order valence-electron chi connectivity index (χ4n) is 3.48. The van der Waals surface area contributed by atoms with Crippen LogP contribution in [-0.2, 0) is 13.6 Å². The largest absolute Gasteiger partial charge is 0.321 e. The van der Waals surface area contributed by atoms with Crippen molar-refractivity contribution in [2.45, 2.75) is 79.7 Å². The second kappa shape index (κ2) is 12.2. The van der Waals surface area contributed by atoms with Gasteiger partial charge >= 0.3 is 0 Å². The number of aromatic nitrogens is 4. The van der Waals surface area contributed by atoms with E-state index in [9.17, 15) is 4.79 Å². The van der Waals surface area contributed by atoms with E-state index in [-0.39, 0.29) is 5.56 Å². The minimum atomic E-state index is -0.226. The van der Waals surface area contributed by atoms with Crippen molar-refractivity contribution in [1.82, 2.24) is 19.1 Å². The maximum Gasteiger partial charge on any atom is 0.298 e. The fourth-order valence-corrected chi connectivity index (χ4v) is 3.48. The van der Waals surface area contributed by atoms with E-state index in [1.165, 1.54) is 28.6 Å². The van der Waals surface area contributed by atoms with Crippen LogP contribution in [0.1, 0.15) is 73.1 Å². The number of imidazole rings is 1. The molecular weight excluding hydrogens is 384 g/mol. The summed E-state index contributed by atoms with van der Waals surface area (Å²) in [4.78, 5) is 20.3. The standard InChI is InChI=1S/C26H38N4O/c1-20(2)10-7-11-21(3)12-8-13-22(4)14-9-15-23(5)16-17-30-19-27-25-24(30)26(31)28-18-29(25)6/h10,12,14,16,18-19H,7-9,11,13,15,17H2,1-6H3/b21-12+,22-14+,23-16+. The first-order chi connectivity index (χ1) is 14.8. The van der Waals surface area contributed by atoms with Crippen molar-refractivity contribution in [2.75, 3.05) is 0 Å². The minimum Gasteiger partial charge on any atom is -0.321 e. The van der Waals surface area contributed by atoms with Crippen LogP contribution in [-0.4, -0.2) is 19.1 Å². The molecular formula is C26H38N4O. The van der Waals surface area contributed by atoms with Crippen LogP contribution in [0.5, 0.6) is 0 Å². The molecule has 2 heterocycles. The summed E-state index contributed by atoms with van der Waals surface area (Å²) in [5.41, 5.74) is 6.67. The SMILES string of the molecule is CC(C)=CCC/C(C)=C/CC/C(C)=C/CC/C(C)=C/Cn1cnc2c1c(=O)ncn2C. The number of allylic oxidation sites excluding steroid dienone is 8. The van der Waals surface area contributed by atoms with E-state index in [0.717, 1.165) is 38.5 Å². The van der Waals surface area contributed by atoms with Crippen molar-refractivity contribution in [1.29, 1.82) is 0 Å². The number of fused-ring (bicyclic) bond motifs is 1. The molecule has 0 unspecified atom stereocenters. The molecule has 0 radical (unpaired) electrons. The second-order valence-electron chi connectivity index (χ2n) is 8.78. The van der Waals surface area contributed by atoms with E-state index >= 15 is 0 Å². The van der Waals surface area contributed by atoms with Gasteiger partial charge in [0.1, 0.15) is 6.33 Å². The quantitative estimate of drug-likeness (QED) is 0.401. The minimum absolute atomic E-state index is 0.226. The molecule has 0 spiro atoms. The zero-order chi connectivity index (χ0) is 22.8. The lowest BCUT2D eigenvalue weighted by Crippen LogP contribution is -2.13. The molecule has 2 aromatic rings. The summed E-state index contributed by atoms with van der Waals surface area (Å²) in [7, 11) is 1.85. The number of hydrogen-bond donors (Lipinski definition) is 0. The molecule has 0 saturated heterocycles. The molecule has 0 bridgehead atoms. The predicted molar refractivity (Wildman–Crippen MR) is 131 cm³/mol. The van der Waals surface area contributed by atoms with E-state index in [1.807, 2.05) is 11.6 Å². The molecule has 5 nitrogen and oxygen atoms in total. The fraction of sp³-hybridized carbons (Fsp3) is 0.500. The highest BCUT2D eigenvalue weighted by atomic mass is 16.1. The van der Waals surface area contributed by atoms with Crippen LogP contribution < -0.4 is 5.56 Å². The Morgan fingerprint density at radius 2 is 1.35 bits per heavy atom. The first-order valence-electron chi connectivity index (χ1n) is 11.2. The normalized spacial score (nSPS) is 13.2. The molecule has 5 heteroatoms. The summed E-state index contributed by atoms with van der Waals surface area (Å²) in [5.74, 6) is 0. The third-order valence-corrected chi connectivity index (χ3v) is 5.49. The van der Waals surface area contributed by atoms with Gasteiger partial charge in [0.25, 0.3) is 5.56 Å². The van der Waals surface area contributed by atoms with Gasteiger partial charge < -0.3 is 9.13 Å². The summed E-state index contributed by atoms with van der Waals surface area (Å²) in [6, 6.07) is 0. The van der Waals surface area contributed by atoms with Crippen LogP contribution in [0.25, 0.3) is 11.2 Å². The van der Waals surface area contributed by atoms with E-state index in [4.69, 9.17) is 0 Å². The highest BCUT2D eigenvalue weighted by Gasteiger charge is 2.08. The molecule has 0 saturated carbocycles. The van der Waals surface area contributed by atoms with E-state index in [1.54, 1.807) is 10.9 Å². The summed E-state index contributed by atoms with van der Waals surface area (Å²) in [6.45, 7) is 11.6. The van der Waals surface area contributed by atoms with Gasteiger partial charge in [-0.2, -0.15) is 4.98 Å². The Kier molecular flexibility index (Phi) is 9.70. The summed E-state index contributed by atoms with van der Waals surface area (Å²) >= 11 is 0. The maximum absolute atomic E-state index is 12.1. The van der Waals surface area contributed by atoms with Gasteiger partial charge in [-0.15, -0.1) is 0 Å². The average Bonchev–Trinajstić information content (AvgIpc) is 3.14. The molecule has 0 aliphatic rings. The molecule has 31 heavy (non-hydrogen) atoms. The van der Waals surface area contributed by atoms with Gasteiger partial charge in [-0.3, -0.25) is 4.79 Å². The predicted octanol–water partition coefficient (Wildman–Crippen LogP) is 6.28. The second-order valence-corrected chi connectivity index (χ2v) is 8.78. The monoisotopic (exact) mass is 422 g/mol. The Bertz CT molecular complexity index is 1040. The Labute approximate surface area is 186 Å². The third-order valence-electron chi connectivity index (χ3n) is 5.49. The Balaban J connectivity index is 1.79. The van der Waals surface area contributed by atoms with Crippen LogP contribution in [0.2, 0.25) is 0 Å². The van der Waals surface area contributed by atoms with Crippen molar-refractivity contribution in [2.24, 2.45) is 7.05 Å². The topological polar surface area (TPSA) is 52.7 Å². The van der Waals surface area contributed by atoms with Crippen molar-refractivity contribution in [3.05, 3.63) is 69.6 Å². The molecule has 0 N–H and O–H groups in total. The smallest absolute Gasteiger partial charge is 0.298 e. The lowest BCUT2D eigenvalue weighted by molar-refractivity contribution is 0.821. The van der Waals surface area contributed by atoms with Gasteiger partial charge in [-0.1, -0.05) is 46.6 Å². The van der Waals surface area contributed by atoms with Crippen molar-refractivity contribution < 1.29 is 0 Å². The van der Waals surface area contributed by atoms with E-state index < -0.39 is 0 Å². The molecule has 0 aliphatic carbocycles. The van der Waals surface area contributed by atoms with Crippen LogP contribution in [0.3, 0.4) is 0 Å². The van der Waals surface area contributed by atoms with Gasteiger partial charge in [0.05, 0.1) is 6.33 Å². The highest BCUT2D eigenvalue weighted by molar-refractivity contribution is 5.69. The van der Waals surface area contributed by atoms with Crippen LogP contribution in [0.15, 0.2) is 64.0 Å². The maximum atomic E-state index is 12.1. The van der Waals surface area contributed by atoms with Gasteiger partial charge in [0.2, 0.25) is 0 Å². The Hall–Kier alpha value is -2.69. The van der Waals surface area contributed by atoms with Crippen molar-refractivity contribution >= 4 is 11.2 Å². The Morgan fingerprint density at radius 3 is 1.94 bits per heavy atom. The zero-order valence-electron chi connectivity index (χ0n) is 20.1. The molecule has 2 rings (SSSR count). The molecule has 0 amide bonds. The summed E-state index contributed by atoms with van der Waals surface area (Å²) in [5, 5.41) is 0. The molecule has 168 valence electrons. The first kappa shape index (κ1) is 24.6. The highest BCUT2D eigenvalue weighted by Crippen LogP contribution is 2.14. The van der Waals surface area contributed by atoms with Gasteiger partial charge in [0.15, 0.2) is 11.2 Å². The van der Waals surface area contributed by atoms with Gasteiger partial charge in [-0.05, 0) is 73.1 Å². The number of aryl methyl sites for hydroxylation is 1. The number of nitrogens with zero attached hydrogens (tertiary/aromatic N) is 4. The molecule has 2 aromatic heterocycles. The van der Waals surface area contributed by atoms with Crippen molar-refractivity contribution in [3.63, 3.8) is 0 Å². The van der Waals surface area contributed by atoms with Crippen LogP contribution >= 0.6 is 0 Å². The number of rotatable bonds is 11. The van der Waals surface area contributed by atoms with Gasteiger partial charge in [-0.25, -0.2) is 4.98 Å². The average molecular weight is 423 g/mol. The van der Waals surface area contributed by atoms with E-state index in [2.05, 4.69) is 68.9 Å². The molecule has 0 fully saturated rings.